The van der Waals surface area contributed by atoms with Gasteiger partial charge in [-0.25, -0.2) is 9.78 Å². The number of nitrogens with one attached hydrogen (secondary N) is 1. The number of benzene rings is 2. The van der Waals surface area contributed by atoms with E-state index < -0.39 is 6.09 Å². The van der Waals surface area contributed by atoms with Gasteiger partial charge >= 0.3 is 6.09 Å². The normalized spacial score (nSPS) is 16.1. The molecule has 4 aromatic rings. The Morgan fingerprint density at radius 2 is 1.97 bits per heavy atom. The number of anilines is 2. The minimum atomic E-state index is -0.408. The Bertz CT molecular complexity index is 1370. The SMILES string of the molecule is C[C@@H](OC(=O)Nc1ccc(-c2c(N)c3ccc(OCCn4ccnc4)cc3n2C2CC2)cc1)C1CC1. The van der Waals surface area contributed by atoms with Crippen LogP contribution in [0, 0.1) is 5.92 Å². The van der Waals surface area contributed by atoms with Crippen LogP contribution in [0.1, 0.15) is 38.6 Å². The van der Waals surface area contributed by atoms with Gasteiger partial charge in [0.05, 0.1) is 29.8 Å². The maximum Gasteiger partial charge on any atom is 0.411 e. The van der Waals surface area contributed by atoms with Crippen LogP contribution in [-0.2, 0) is 11.3 Å². The number of amides is 1. The van der Waals surface area contributed by atoms with Crippen molar-refractivity contribution in [2.75, 3.05) is 17.7 Å². The first-order valence-corrected chi connectivity index (χ1v) is 12.7. The number of rotatable bonds is 9. The molecule has 0 unspecified atom stereocenters. The molecule has 186 valence electrons. The average molecular weight is 486 g/mol. The van der Waals surface area contributed by atoms with Crippen molar-refractivity contribution in [2.24, 2.45) is 5.92 Å². The van der Waals surface area contributed by atoms with Gasteiger partial charge in [-0.2, -0.15) is 0 Å². The molecular formula is C28H31N5O3. The predicted molar refractivity (Wildman–Crippen MR) is 140 cm³/mol. The Morgan fingerprint density at radius 1 is 1.17 bits per heavy atom. The zero-order valence-electron chi connectivity index (χ0n) is 20.4. The number of carbonyl (C=O) groups excluding carboxylic acids is 1. The van der Waals surface area contributed by atoms with Crippen LogP contribution in [0.5, 0.6) is 5.75 Å². The van der Waals surface area contributed by atoms with Crippen molar-refractivity contribution in [1.82, 2.24) is 14.1 Å². The maximum absolute atomic E-state index is 12.2. The van der Waals surface area contributed by atoms with E-state index in [0.29, 0.717) is 24.3 Å². The van der Waals surface area contributed by atoms with E-state index >= 15 is 0 Å². The highest BCUT2D eigenvalue weighted by molar-refractivity contribution is 6.02. The second kappa shape index (κ2) is 9.26. The lowest BCUT2D eigenvalue weighted by Gasteiger charge is -2.14. The Kier molecular flexibility index (Phi) is 5.79. The number of carbonyl (C=O) groups is 1. The Hall–Kier alpha value is -3.94. The highest BCUT2D eigenvalue weighted by Gasteiger charge is 2.31. The molecule has 3 N–H and O–H groups in total. The third-order valence-electron chi connectivity index (χ3n) is 7.09. The van der Waals surface area contributed by atoms with Gasteiger partial charge in [0, 0.05) is 41.1 Å². The summed E-state index contributed by atoms with van der Waals surface area (Å²) in [6.45, 7) is 3.25. The highest BCUT2D eigenvalue weighted by atomic mass is 16.6. The molecule has 0 spiro atoms. The quantitative estimate of drug-likeness (QED) is 0.310. The van der Waals surface area contributed by atoms with Gasteiger partial charge in [-0.15, -0.1) is 0 Å². The summed E-state index contributed by atoms with van der Waals surface area (Å²) in [4.78, 5) is 16.3. The summed E-state index contributed by atoms with van der Waals surface area (Å²) < 4.78 is 15.9. The molecule has 36 heavy (non-hydrogen) atoms. The van der Waals surface area contributed by atoms with Crippen molar-refractivity contribution in [3.63, 3.8) is 0 Å². The summed E-state index contributed by atoms with van der Waals surface area (Å²) in [5.74, 6) is 1.33. The first-order valence-electron chi connectivity index (χ1n) is 12.7. The summed E-state index contributed by atoms with van der Waals surface area (Å²) in [5, 5.41) is 3.87. The lowest BCUT2D eigenvalue weighted by molar-refractivity contribution is 0.108. The van der Waals surface area contributed by atoms with Crippen LogP contribution < -0.4 is 15.8 Å². The largest absolute Gasteiger partial charge is 0.492 e. The molecule has 2 heterocycles. The second-order valence-electron chi connectivity index (χ2n) is 9.84. The number of nitrogens with zero attached hydrogens (tertiary/aromatic N) is 3. The van der Waals surface area contributed by atoms with E-state index in [9.17, 15) is 4.79 Å². The molecule has 0 radical (unpaired) electrons. The molecule has 0 bridgehead atoms. The monoisotopic (exact) mass is 485 g/mol. The van der Waals surface area contributed by atoms with Crippen LogP contribution >= 0.6 is 0 Å². The molecular weight excluding hydrogens is 454 g/mol. The summed E-state index contributed by atoms with van der Waals surface area (Å²) in [6, 6.07) is 14.4. The topological polar surface area (TPSA) is 96.3 Å². The second-order valence-corrected chi connectivity index (χ2v) is 9.84. The smallest absolute Gasteiger partial charge is 0.411 e. The molecule has 8 nitrogen and oxygen atoms in total. The van der Waals surface area contributed by atoms with E-state index in [4.69, 9.17) is 15.2 Å². The zero-order chi connectivity index (χ0) is 24.6. The van der Waals surface area contributed by atoms with Gasteiger partial charge < -0.3 is 24.3 Å². The Balaban J connectivity index is 1.22. The first kappa shape index (κ1) is 22.5. The zero-order valence-corrected chi connectivity index (χ0v) is 20.4. The molecule has 2 saturated carbocycles. The van der Waals surface area contributed by atoms with Crippen molar-refractivity contribution in [2.45, 2.75) is 51.3 Å². The molecule has 2 aromatic carbocycles. The lowest BCUT2D eigenvalue weighted by Crippen LogP contribution is -2.21. The third kappa shape index (κ3) is 4.63. The third-order valence-corrected chi connectivity index (χ3v) is 7.09. The Labute approximate surface area is 210 Å². The number of ether oxygens (including phenoxy) is 2. The van der Waals surface area contributed by atoms with Crippen molar-refractivity contribution in [3.05, 3.63) is 61.2 Å². The van der Waals surface area contributed by atoms with Gasteiger partial charge in [0.2, 0.25) is 0 Å². The van der Waals surface area contributed by atoms with Crippen LogP contribution in [0.3, 0.4) is 0 Å². The van der Waals surface area contributed by atoms with Crippen molar-refractivity contribution < 1.29 is 14.3 Å². The standard InChI is InChI=1S/C28H31N5O3/c1-18(19-2-3-19)36-28(34)31-21-6-4-20(5-7-21)27-26(29)24-11-10-23(16-25(24)33(27)22-8-9-22)35-15-14-32-13-12-30-17-32/h4-7,10-13,16-19,22H,2-3,8-9,14-15,29H2,1H3,(H,31,34)/t18-/m1/s1. The van der Waals surface area contributed by atoms with Crippen LogP contribution in [0.2, 0.25) is 0 Å². The van der Waals surface area contributed by atoms with Crippen molar-refractivity contribution >= 4 is 28.4 Å². The Morgan fingerprint density at radius 3 is 2.67 bits per heavy atom. The summed E-state index contributed by atoms with van der Waals surface area (Å²) in [6.07, 6.45) is 9.57. The van der Waals surface area contributed by atoms with Gasteiger partial charge in [0.15, 0.2) is 0 Å². The summed E-state index contributed by atoms with van der Waals surface area (Å²) >= 11 is 0. The number of aromatic nitrogens is 3. The van der Waals surface area contributed by atoms with E-state index in [1.807, 2.05) is 54.1 Å². The number of hydrogen-bond donors (Lipinski definition) is 2. The molecule has 2 aliphatic carbocycles. The van der Waals surface area contributed by atoms with E-state index in [2.05, 4.69) is 20.9 Å². The molecule has 0 saturated heterocycles. The number of hydrogen-bond acceptors (Lipinski definition) is 5. The van der Waals surface area contributed by atoms with Crippen LogP contribution in [0.15, 0.2) is 61.2 Å². The van der Waals surface area contributed by atoms with E-state index in [0.717, 1.165) is 65.8 Å². The molecule has 8 heteroatoms. The van der Waals surface area contributed by atoms with E-state index in [1.54, 1.807) is 12.5 Å². The molecule has 6 rings (SSSR count). The fourth-order valence-electron chi connectivity index (χ4n) is 4.79. The molecule has 0 aliphatic heterocycles. The van der Waals surface area contributed by atoms with Crippen LogP contribution in [0.4, 0.5) is 16.2 Å². The van der Waals surface area contributed by atoms with Crippen LogP contribution in [-0.4, -0.2) is 32.9 Å². The number of nitrogens with two attached hydrogens (primary N) is 1. The van der Waals surface area contributed by atoms with Gasteiger partial charge in [-0.3, -0.25) is 5.32 Å². The van der Waals surface area contributed by atoms with Gasteiger partial charge in [-0.05, 0) is 62.8 Å². The minimum absolute atomic E-state index is 0.0434. The fraction of sp³-hybridized carbons (Fsp3) is 0.357. The summed E-state index contributed by atoms with van der Waals surface area (Å²) in [7, 11) is 0. The van der Waals surface area contributed by atoms with E-state index in [1.165, 1.54) is 0 Å². The van der Waals surface area contributed by atoms with Crippen molar-refractivity contribution in [3.8, 4) is 17.0 Å². The maximum atomic E-state index is 12.2. The molecule has 1 atom stereocenters. The molecule has 2 fully saturated rings. The molecule has 2 aliphatic rings. The molecule has 2 aromatic heterocycles. The van der Waals surface area contributed by atoms with Gasteiger partial charge in [-0.1, -0.05) is 12.1 Å². The first-order chi connectivity index (χ1) is 17.6. The van der Waals surface area contributed by atoms with E-state index in [-0.39, 0.29) is 6.10 Å². The highest BCUT2D eigenvalue weighted by Crippen LogP contribution is 2.46. The molecule has 1 amide bonds. The van der Waals surface area contributed by atoms with Gasteiger partial charge in [0.25, 0.3) is 0 Å². The lowest BCUT2D eigenvalue weighted by atomic mass is 10.1. The number of fused-ring (bicyclic) bond motifs is 1. The van der Waals surface area contributed by atoms with Gasteiger partial charge in [0.1, 0.15) is 18.5 Å². The van der Waals surface area contributed by atoms with Crippen molar-refractivity contribution in [1.29, 1.82) is 0 Å². The van der Waals surface area contributed by atoms with Crippen LogP contribution in [0.25, 0.3) is 22.2 Å². The summed E-state index contributed by atoms with van der Waals surface area (Å²) in [5.41, 5.74) is 11.3. The predicted octanol–water partition coefficient (Wildman–Crippen LogP) is 5.85. The fourth-order valence-corrected chi connectivity index (χ4v) is 4.79. The number of imidazole rings is 1. The number of nitrogen functional groups attached to an aromatic ring is 1. The average Bonchev–Trinajstić information content (AvgIpc) is 3.81. The minimum Gasteiger partial charge on any atom is -0.492 e.